The van der Waals surface area contributed by atoms with E-state index in [1.165, 1.54) is 0 Å². The van der Waals surface area contributed by atoms with Gasteiger partial charge >= 0.3 is 177 Å². The predicted octanol–water partition coefficient (Wildman–Crippen LogP) is 5.34. The van der Waals surface area contributed by atoms with Gasteiger partial charge in [0, 0.05) is 0 Å². The van der Waals surface area contributed by atoms with Gasteiger partial charge in [-0.1, -0.05) is 0 Å². The third kappa shape index (κ3) is 2.57. The van der Waals surface area contributed by atoms with Crippen LogP contribution in [0.3, 0.4) is 0 Å². The van der Waals surface area contributed by atoms with E-state index in [1.807, 2.05) is 115 Å². The van der Waals surface area contributed by atoms with Gasteiger partial charge in [-0.25, -0.2) is 0 Å². The number of rotatable bonds is 4. The fourth-order valence-corrected chi connectivity index (χ4v) is 9.57. The van der Waals surface area contributed by atoms with Crippen molar-refractivity contribution in [2.24, 2.45) is 0 Å². The van der Waals surface area contributed by atoms with Crippen molar-refractivity contribution in [2.45, 2.75) is 0 Å². The van der Waals surface area contributed by atoms with Gasteiger partial charge in [-0.15, -0.1) is 0 Å². The third-order valence-electron chi connectivity index (χ3n) is 5.97. The predicted molar refractivity (Wildman–Crippen MR) is 129 cm³/mol. The molecule has 0 fully saturated rings. The van der Waals surface area contributed by atoms with Crippen LogP contribution >= 0.6 is 6.83 Å². The Hall–Kier alpha value is -3.25. The topological polar surface area (TPSA) is 19.9 Å². The van der Waals surface area contributed by atoms with Crippen molar-refractivity contribution in [3.63, 3.8) is 0 Å². The van der Waals surface area contributed by atoms with E-state index in [1.54, 1.807) is 0 Å². The van der Waals surface area contributed by atoms with E-state index < -0.39 is 6.83 Å². The zero-order valence-electron chi connectivity index (χ0n) is 16.6. The molecule has 0 unspecified atom stereocenters. The van der Waals surface area contributed by atoms with E-state index in [0.717, 1.165) is 32.0 Å². The van der Waals surface area contributed by atoms with Crippen LogP contribution in [0.5, 0.6) is 0 Å². The zero-order valence-corrected chi connectivity index (χ0v) is 17.5. The standard InChI is InChI=1S/C28H22OP/c29-30(24-15-4-1-5-16-24,25-17-6-2-7-18-25,26-19-8-3-9-20-26)28-22-12-14-23-13-10-11-21-27(23)28/h1-22H. The Kier molecular flexibility index (Phi) is 4.51. The Labute approximate surface area is 177 Å². The summed E-state index contributed by atoms with van der Waals surface area (Å²) in [6.45, 7) is -4.24. The summed E-state index contributed by atoms with van der Waals surface area (Å²) in [6, 6.07) is 44.2. The number of benzene rings is 5. The summed E-state index contributed by atoms with van der Waals surface area (Å²) in [5.41, 5.74) is 0. The van der Waals surface area contributed by atoms with Crippen molar-refractivity contribution in [1.29, 1.82) is 0 Å². The van der Waals surface area contributed by atoms with Gasteiger partial charge in [0.2, 0.25) is 0 Å². The number of hydrogen-bond acceptors (Lipinski definition) is 0. The first-order valence-corrected chi connectivity index (χ1v) is 12.3. The van der Waals surface area contributed by atoms with E-state index >= 15 is 4.89 Å². The molecule has 1 radical (unpaired) electrons. The van der Waals surface area contributed by atoms with Gasteiger partial charge in [0.05, 0.1) is 0 Å². The molecule has 5 rings (SSSR count). The molecule has 30 heavy (non-hydrogen) atoms. The summed E-state index contributed by atoms with van der Waals surface area (Å²) in [4.78, 5) is 16.2. The van der Waals surface area contributed by atoms with Crippen LogP contribution in [0.1, 0.15) is 0 Å². The van der Waals surface area contributed by atoms with Crippen molar-refractivity contribution >= 4 is 38.8 Å². The number of fused-ring (bicyclic) bond motifs is 1. The van der Waals surface area contributed by atoms with E-state index in [4.69, 9.17) is 0 Å². The molecule has 0 aliphatic heterocycles. The fourth-order valence-electron chi connectivity index (χ4n) is 4.58. The van der Waals surface area contributed by atoms with Gasteiger partial charge in [0.15, 0.2) is 0 Å². The molecule has 0 N–H and O–H groups in total. The molecule has 2 heteroatoms. The molecule has 0 heterocycles. The molecule has 0 aliphatic carbocycles. The average molecular weight is 405 g/mol. The van der Waals surface area contributed by atoms with E-state index in [2.05, 4.69) is 18.2 Å². The van der Waals surface area contributed by atoms with E-state index in [0.29, 0.717) is 0 Å². The first-order valence-electron chi connectivity index (χ1n) is 10.1. The average Bonchev–Trinajstić information content (AvgIpc) is 2.85. The first-order chi connectivity index (χ1) is 14.7. The Balaban J connectivity index is 2.07. The van der Waals surface area contributed by atoms with Crippen LogP contribution in [0, 0.1) is 0 Å². The molecule has 0 aliphatic rings. The van der Waals surface area contributed by atoms with Crippen molar-refractivity contribution < 1.29 is 4.89 Å². The Morgan fingerprint density at radius 1 is 0.400 bits per heavy atom. The van der Waals surface area contributed by atoms with Crippen LogP contribution < -0.4 is 21.2 Å². The minimum absolute atomic E-state index is 0.831. The SMILES string of the molecule is [O]P(c1ccccc1)(c1ccccc1)(c1ccccc1)c1cccc2ccccc12. The molecule has 0 saturated heterocycles. The summed E-state index contributed by atoms with van der Waals surface area (Å²) < 4.78 is 0. The Morgan fingerprint density at radius 3 is 1.30 bits per heavy atom. The monoisotopic (exact) mass is 405 g/mol. The van der Waals surface area contributed by atoms with Crippen LogP contribution in [0.25, 0.3) is 10.8 Å². The van der Waals surface area contributed by atoms with Crippen molar-refractivity contribution in [2.75, 3.05) is 0 Å². The second-order valence-electron chi connectivity index (χ2n) is 7.54. The van der Waals surface area contributed by atoms with Crippen LogP contribution in [-0.2, 0) is 4.89 Å². The van der Waals surface area contributed by atoms with Crippen LogP contribution in [-0.4, -0.2) is 0 Å². The van der Waals surface area contributed by atoms with Crippen molar-refractivity contribution in [3.8, 4) is 0 Å². The summed E-state index contributed by atoms with van der Waals surface area (Å²) in [7, 11) is 0. The Bertz CT molecular complexity index is 1190. The molecule has 0 atom stereocenters. The fraction of sp³-hybridized carbons (Fsp3) is 0. The van der Waals surface area contributed by atoms with Crippen LogP contribution in [0.2, 0.25) is 0 Å². The Morgan fingerprint density at radius 2 is 0.800 bits per heavy atom. The minimum atomic E-state index is -4.24. The second kappa shape index (κ2) is 7.22. The van der Waals surface area contributed by atoms with Gasteiger partial charge in [-0.05, 0) is 0 Å². The zero-order chi connectivity index (χ0) is 20.5. The van der Waals surface area contributed by atoms with E-state index in [9.17, 15) is 0 Å². The maximum atomic E-state index is 16.2. The maximum absolute atomic E-state index is 16.2. The summed E-state index contributed by atoms with van der Waals surface area (Å²) in [5, 5.41) is 5.46. The van der Waals surface area contributed by atoms with Crippen molar-refractivity contribution in [1.82, 2.24) is 0 Å². The molecule has 0 bridgehead atoms. The van der Waals surface area contributed by atoms with Gasteiger partial charge < -0.3 is 0 Å². The quantitative estimate of drug-likeness (QED) is 0.360. The molecule has 0 spiro atoms. The summed E-state index contributed by atoms with van der Waals surface area (Å²) in [6.07, 6.45) is 0. The molecule has 1 nitrogen and oxygen atoms in total. The number of hydrogen-bond donors (Lipinski definition) is 0. The van der Waals surface area contributed by atoms with Crippen molar-refractivity contribution in [3.05, 3.63) is 133 Å². The summed E-state index contributed by atoms with van der Waals surface area (Å²) >= 11 is 0. The van der Waals surface area contributed by atoms with Crippen LogP contribution in [0.15, 0.2) is 133 Å². The van der Waals surface area contributed by atoms with E-state index in [-0.39, 0.29) is 0 Å². The first kappa shape index (κ1) is 18.8. The molecular weight excluding hydrogens is 383 g/mol. The molecule has 0 saturated carbocycles. The third-order valence-corrected chi connectivity index (χ3v) is 11.1. The molecular formula is C28H22OP. The van der Waals surface area contributed by atoms with Gasteiger partial charge in [-0.2, -0.15) is 0 Å². The molecule has 145 valence electrons. The van der Waals surface area contributed by atoms with Crippen LogP contribution in [0.4, 0.5) is 0 Å². The van der Waals surface area contributed by atoms with Gasteiger partial charge in [0.25, 0.3) is 0 Å². The normalized spacial score (nSPS) is 12.9. The summed E-state index contributed by atoms with van der Waals surface area (Å²) in [5.74, 6) is 0. The van der Waals surface area contributed by atoms with Gasteiger partial charge in [0.1, 0.15) is 0 Å². The molecule has 0 amide bonds. The molecule has 5 aromatic carbocycles. The molecule has 0 aromatic heterocycles. The van der Waals surface area contributed by atoms with Gasteiger partial charge in [-0.3, -0.25) is 0 Å². The molecule has 5 aromatic rings. The second-order valence-corrected chi connectivity index (χ2v) is 11.6.